The third-order valence-electron chi connectivity index (χ3n) is 1.55. The van der Waals surface area contributed by atoms with Gasteiger partial charge in [0.15, 0.2) is 0 Å². The van der Waals surface area contributed by atoms with Gasteiger partial charge in [-0.15, -0.1) is 0 Å². The molecule has 0 aliphatic heterocycles. The summed E-state index contributed by atoms with van der Waals surface area (Å²) in [4.78, 5) is 11.3. The number of nitrogens with one attached hydrogen (secondary N) is 3. The zero-order chi connectivity index (χ0) is 10.4. The Kier molecular flexibility index (Phi) is 3.87. The van der Waals surface area contributed by atoms with Crippen LogP contribution in [0.2, 0.25) is 0 Å². The van der Waals surface area contributed by atoms with Crippen LogP contribution in [0.15, 0.2) is 30.3 Å². The van der Waals surface area contributed by atoms with Crippen LogP contribution in [0.1, 0.15) is 5.56 Å². The number of urea groups is 1. The van der Waals surface area contributed by atoms with Crippen molar-refractivity contribution in [2.24, 2.45) is 0 Å². The molecule has 74 valence electrons. The van der Waals surface area contributed by atoms with Gasteiger partial charge in [0.25, 0.3) is 0 Å². The summed E-state index contributed by atoms with van der Waals surface area (Å²) in [7, 11) is 1.53. The molecule has 2 amide bonds. The monoisotopic (exact) mass is 209 g/mol. The van der Waals surface area contributed by atoms with Crippen LogP contribution in [0.4, 0.5) is 4.79 Å². The van der Waals surface area contributed by atoms with Crippen molar-refractivity contribution in [1.29, 1.82) is 0 Å². The van der Waals surface area contributed by atoms with Crippen LogP contribution in [0.5, 0.6) is 0 Å². The number of benzene rings is 1. The van der Waals surface area contributed by atoms with Crippen molar-refractivity contribution in [2.75, 3.05) is 7.05 Å². The molecule has 0 radical (unpaired) electrons. The summed E-state index contributed by atoms with van der Waals surface area (Å²) < 4.78 is 0. The average Bonchev–Trinajstić information content (AvgIpc) is 2.26. The Bertz CT molecular complexity index is 326. The summed E-state index contributed by atoms with van der Waals surface area (Å²) in [6.45, 7) is 0. The van der Waals surface area contributed by atoms with Crippen LogP contribution in [0, 0.1) is 0 Å². The van der Waals surface area contributed by atoms with E-state index >= 15 is 0 Å². The summed E-state index contributed by atoms with van der Waals surface area (Å²) in [5.74, 6) is 0. The Hall–Kier alpha value is -1.62. The maximum Gasteiger partial charge on any atom is 0.333 e. The molecule has 0 fully saturated rings. The van der Waals surface area contributed by atoms with Gasteiger partial charge in [0, 0.05) is 12.6 Å². The van der Waals surface area contributed by atoms with E-state index in [0.29, 0.717) is 4.99 Å². The summed E-state index contributed by atoms with van der Waals surface area (Å²) in [6.07, 6.45) is 0. The molecule has 0 saturated carbocycles. The first-order valence-electron chi connectivity index (χ1n) is 4.07. The molecule has 0 aromatic heterocycles. The van der Waals surface area contributed by atoms with Gasteiger partial charge in [-0.25, -0.2) is 4.79 Å². The Morgan fingerprint density at radius 3 is 2.43 bits per heavy atom. The summed E-state index contributed by atoms with van der Waals surface area (Å²) in [6, 6.07) is 9.05. The predicted molar refractivity (Wildman–Crippen MR) is 58.9 cm³/mol. The van der Waals surface area contributed by atoms with Gasteiger partial charge in [0.05, 0.1) is 0 Å². The fraction of sp³-hybridized carbons (Fsp3) is 0.111. The second-order valence-electron chi connectivity index (χ2n) is 2.52. The third kappa shape index (κ3) is 3.02. The lowest BCUT2D eigenvalue weighted by molar-refractivity contribution is 0.241. The van der Waals surface area contributed by atoms with Crippen molar-refractivity contribution >= 4 is 23.2 Å². The van der Waals surface area contributed by atoms with Crippen LogP contribution in [-0.2, 0) is 0 Å². The molecule has 0 aliphatic carbocycles. The number of hydrazine groups is 1. The first-order chi connectivity index (χ1) is 6.74. The number of amides is 2. The molecule has 0 aliphatic rings. The van der Waals surface area contributed by atoms with Gasteiger partial charge in [0.2, 0.25) is 0 Å². The van der Waals surface area contributed by atoms with Crippen LogP contribution in [0.3, 0.4) is 0 Å². The van der Waals surface area contributed by atoms with E-state index in [1.54, 1.807) is 0 Å². The molecule has 3 N–H and O–H groups in total. The quantitative estimate of drug-likeness (QED) is 0.473. The van der Waals surface area contributed by atoms with Gasteiger partial charge < -0.3 is 5.32 Å². The van der Waals surface area contributed by atoms with Gasteiger partial charge in [-0.1, -0.05) is 42.5 Å². The van der Waals surface area contributed by atoms with Gasteiger partial charge in [-0.05, 0) is 0 Å². The second-order valence-corrected chi connectivity index (χ2v) is 2.93. The number of rotatable bonds is 1. The van der Waals surface area contributed by atoms with E-state index in [1.807, 2.05) is 30.3 Å². The second kappa shape index (κ2) is 5.18. The normalized spacial score (nSPS) is 8.93. The minimum atomic E-state index is -0.330. The Labute approximate surface area is 87.7 Å². The van der Waals surface area contributed by atoms with Crippen molar-refractivity contribution in [3.8, 4) is 0 Å². The van der Waals surface area contributed by atoms with E-state index in [0.717, 1.165) is 5.56 Å². The number of hydrogen-bond acceptors (Lipinski definition) is 2. The fourth-order valence-corrected chi connectivity index (χ4v) is 1.02. The lowest BCUT2D eigenvalue weighted by Crippen LogP contribution is -2.45. The molecule has 1 rings (SSSR count). The van der Waals surface area contributed by atoms with Gasteiger partial charge in [-0.2, -0.15) is 0 Å². The minimum Gasteiger partial charge on any atom is -0.340 e. The molecular weight excluding hydrogens is 198 g/mol. The molecule has 5 heteroatoms. The highest BCUT2D eigenvalue weighted by Crippen LogP contribution is 1.97. The molecule has 4 nitrogen and oxygen atoms in total. The van der Waals surface area contributed by atoms with Crippen molar-refractivity contribution in [2.45, 2.75) is 0 Å². The zero-order valence-corrected chi connectivity index (χ0v) is 8.52. The Balaban J connectivity index is 2.48. The highest BCUT2D eigenvalue weighted by atomic mass is 32.1. The summed E-state index contributed by atoms with van der Waals surface area (Å²) >= 11 is 5.03. The minimum absolute atomic E-state index is 0.330. The van der Waals surface area contributed by atoms with E-state index in [9.17, 15) is 4.79 Å². The molecule has 1 aromatic rings. The van der Waals surface area contributed by atoms with Crippen molar-refractivity contribution in [1.82, 2.24) is 16.2 Å². The van der Waals surface area contributed by atoms with E-state index in [2.05, 4.69) is 16.2 Å². The molecule has 0 unspecified atom stereocenters. The van der Waals surface area contributed by atoms with Gasteiger partial charge >= 0.3 is 6.03 Å². The molecule has 0 saturated heterocycles. The lowest BCUT2D eigenvalue weighted by atomic mass is 10.2. The SMILES string of the molecule is CNC(=O)NNC(=S)c1ccccc1. The first kappa shape index (κ1) is 10.5. The van der Waals surface area contributed by atoms with E-state index in [4.69, 9.17) is 12.2 Å². The average molecular weight is 209 g/mol. The van der Waals surface area contributed by atoms with Crippen LogP contribution < -0.4 is 16.2 Å². The van der Waals surface area contributed by atoms with Crippen LogP contribution in [0.25, 0.3) is 0 Å². The predicted octanol–water partition coefficient (Wildman–Crippen LogP) is 0.796. The molecular formula is C9H11N3OS. The van der Waals surface area contributed by atoms with E-state index in [1.165, 1.54) is 7.05 Å². The molecule has 14 heavy (non-hydrogen) atoms. The third-order valence-corrected chi connectivity index (χ3v) is 1.89. The molecule has 0 spiro atoms. The molecule has 0 bridgehead atoms. The number of carbonyl (C=O) groups is 1. The molecule has 1 aromatic carbocycles. The van der Waals surface area contributed by atoms with E-state index in [-0.39, 0.29) is 6.03 Å². The highest BCUT2D eigenvalue weighted by molar-refractivity contribution is 7.80. The number of hydrogen-bond donors (Lipinski definition) is 3. The van der Waals surface area contributed by atoms with Gasteiger partial charge in [-0.3, -0.25) is 10.9 Å². The maximum atomic E-state index is 10.8. The lowest BCUT2D eigenvalue weighted by Gasteiger charge is -2.08. The number of carbonyl (C=O) groups excluding carboxylic acids is 1. The Morgan fingerprint density at radius 1 is 1.21 bits per heavy atom. The Morgan fingerprint density at radius 2 is 1.86 bits per heavy atom. The number of thiocarbonyl (C=S) groups is 1. The topological polar surface area (TPSA) is 53.2 Å². The van der Waals surface area contributed by atoms with E-state index < -0.39 is 0 Å². The van der Waals surface area contributed by atoms with Crippen molar-refractivity contribution in [3.63, 3.8) is 0 Å². The van der Waals surface area contributed by atoms with Crippen LogP contribution in [-0.4, -0.2) is 18.1 Å². The fourth-order valence-electron chi connectivity index (χ4n) is 0.838. The summed E-state index contributed by atoms with van der Waals surface area (Å²) in [5, 5.41) is 2.40. The molecule has 0 atom stereocenters. The smallest absolute Gasteiger partial charge is 0.333 e. The largest absolute Gasteiger partial charge is 0.340 e. The molecule has 0 heterocycles. The summed E-state index contributed by atoms with van der Waals surface area (Å²) in [5.41, 5.74) is 5.87. The zero-order valence-electron chi connectivity index (χ0n) is 7.70. The van der Waals surface area contributed by atoms with Crippen molar-refractivity contribution < 1.29 is 4.79 Å². The maximum absolute atomic E-state index is 10.8. The standard InChI is InChI=1S/C9H11N3OS/c1-10-9(13)12-11-8(14)7-5-3-2-4-6-7/h2-6H,1H3,(H,11,14)(H2,10,12,13). The van der Waals surface area contributed by atoms with Crippen LogP contribution >= 0.6 is 12.2 Å². The highest BCUT2D eigenvalue weighted by Gasteiger charge is 2.00. The first-order valence-corrected chi connectivity index (χ1v) is 4.48. The van der Waals surface area contributed by atoms with Crippen molar-refractivity contribution in [3.05, 3.63) is 35.9 Å². The van der Waals surface area contributed by atoms with Gasteiger partial charge in [0.1, 0.15) is 4.99 Å².